The SMILES string of the molecule is O=C1OCCN(S(=O)(=O)c2ccc3[nH]c(=O)oc3c2)C12CCCC2. The van der Waals surface area contributed by atoms with Crippen molar-refractivity contribution < 1.29 is 22.4 Å². The van der Waals surface area contributed by atoms with E-state index in [4.69, 9.17) is 9.15 Å². The molecule has 1 spiro atoms. The molecular formula is C15H16N2O6S. The van der Waals surface area contributed by atoms with Crippen LogP contribution < -0.4 is 5.76 Å². The van der Waals surface area contributed by atoms with Crippen LogP contribution in [0.5, 0.6) is 0 Å². The molecule has 2 aliphatic rings. The van der Waals surface area contributed by atoms with Crippen molar-refractivity contribution in [3.8, 4) is 0 Å². The number of sulfonamides is 1. The van der Waals surface area contributed by atoms with Gasteiger partial charge in [0.15, 0.2) is 5.58 Å². The molecule has 1 aromatic carbocycles. The maximum atomic E-state index is 13.1. The summed E-state index contributed by atoms with van der Waals surface area (Å²) in [7, 11) is -3.91. The Kier molecular flexibility index (Phi) is 3.33. The third-order valence-electron chi connectivity index (χ3n) is 4.80. The van der Waals surface area contributed by atoms with E-state index in [0.717, 1.165) is 12.8 Å². The highest BCUT2D eigenvalue weighted by Crippen LogP contribution is 2.41. The first-order valence-corrected chi connectivity index (χ1v) is 9.20. The molecule has 24 heavy (non-hydrogen) atoms. The number of oxazole rings is 1. The molecule has 9 heteroatoms. The van der Waals surface area contributed by atoms with E-state index < -0.39 is 27.3 Å². The summed E-state index contributed by atoms with van der Waals surface area (Å²) in [4.78, 5) is 26.1. The minimum atomic E-state index is -3.91. The molecule has 2 aromatic rings. The van der Waals surface area contributed by atoms with Gasteiger partial charge in [0.25, 0.3) is 0 Å². The van der Waals surface area contributed by atoms with Crippen molar-refractivity contribution in [1.82, 2.24) is 9.29 Å². The highest BCUT2D eigenvalue weighted by Gasteiger charge is 2.54. The third kappa shape index (κ3) is 2.11. The van der Waals surface area contributed by atoms with Gasteiger partial charge in [0.1, 0.15) is 12.1 Å². The average molecular weight is 352 g/mol. The van der Waals surface area contributed by atoms with Crippen molar-refractivity contribution in [3.63, 3.8) is 0 Å². The fourth-order valence-corrected chi connectivity index (χ4v) is 5.43. The number of hydrogen-bond donors (Lipinski definition) is 1. The van der Waals surface area contributed by atoms with Crippen LogP contribution in [-0.4, -0.2) is 42.4 Å². The topological polar surface area (TPSA) is 110 Å². The monoisotopic (exact) mass is 352 g/mol. The van der Waals surface area contributed by atoms with Crippen LogP contribution in [0, 0.1) is 0 Å². The number of morpholine rings is 1. The average Bonchev–Trinajstić information content (AvgIpc) is 3.15. The minimum Gasteiger partial charge on any atom is -0.463 e. The Hall–Kier alpha value is -2.13. The van der Waals surface area contributed by atoms with Crippen molar-refractivity contribution in [1.29, 1.82) is 0 Å². The Morgan fingerprint density at radius 3 is 2.67 bits per heavy atom. The van der Waals surface area contributed by atoms with Gasteiger partial charge in [0, 0.05) is 12.6 Å². The number of esters is 1. The van der Waals surface area contributed by atoms with Gasteiger partial charge in [-0.2, -0.15) is 4.31 Å². The molecule has 128 valence electrons. The van der Waals surface area contributed by atoms with Crippen LogP contribution in [0.3, 0.4) is 0 Å². The van der Waals surface area contributed by atoms with Crippen LogP contribution in [0.15, 0.2) is 32.3 Å². The fraction of sp³-hybridized carbons (Fsp3) is 0.467. The van der Waals surface area contributed by atoms with Crippen LogP contribution in [0.2, 0.25) is 0 Å². The Morgan fingerprint density at radius 2 is 1.92 bits per heavy atom. The number of benzene rings is 1. The quantitative estimate of drug-likeness (QED) is 0.807. The summed E-state index contributed by atoms with van der Waals surface area (Å²) in [6, 6.07) is 4.20. The number of carbonyl (C=O) groups excluding carboxylic acids is 1. The number of hydrogen-bond acceptors (Lipinski definition) is 6. The number of aromatic amines is 1. The molecule has 8 nitrogen and oxygen atoms in total. The molecule has 1 saturated heterocycles. The number of carbonyl (C=O) groups is 1. The molecule has 2 fully saturated rings. The molecule has 1 aliphatic carbocycles. The number of rotatable bonds is 2. The van der Waals surface area contributed by atoms with Crippen LogP contribution in [-0.2, 0) is 19.6 Å². The zero-order valence-corrected chi connectivity index (χ0v) is 13.6. The number of fused-ring (bicyclic) bond motifs is 1. The second-order valence-corrected chi connectivity index (χ2v) is 7.99. The van der Waals surface area contributed by atoms with Gasteiger partial charge < -0.3 is 9.15 Å². The minimum absolute atomic E-state index is 0.00118. The van der Waals surface area contributed by atoms with Crippen LogP contribution in [0.4, 0.5) is 0 Å². The Labute approximate surface area is 137 Å². The normalized spacial score (nSPS) is 21.4. The summed E-state index contributed by atoms with van der Waals surface area (Å²) < 4.78 is 37.6. The molecule has 0 amide bonds. The van der Waals surface area contributed by atoms with Crippen molar-refractivity contribution >= 4 is 27.1 Å². The van der Waals surface area contributed by atoms with Gasteiger partial charge in [0.2, 0.25) is 10.0 Å². The first-order chi connectivity index (χ1) is 11.4. The lowest BCUT2D eigenvalue weighted by atomic mass is 9.97. The molecule has 0 bridgehead atoms. The summed E-state index contributed by atoms with van der Waals surface area (Å²) in [5.74, 6) is -1.11. The maximum Gasteiger partial charge on any atom is 0.417 e. The van der Waals surface area contributed by atoms with Crippen molar-refractivity contribution in [3.05, 3.63) is 28.7 Å². The molecule has 0 unspecified atom stereocenters. The summed E-state index contributed by atoms with van der Waals surface area (Å²) in [5, 5.41) is 0. The van der Waals surface area contributed by atoms with Crippen molar-refractivity contribution in [2.75, 3.05) is 13.2 Å². The Morgan fingerprint density at radius 1 is 1.17 bits per heavy atom. The predicted molar refractivity (Wildman–Crippen MR) is 82.9 cm³/mol. The van der Waals surface area contributed by atoms with Crippen LogP contribution in [0.1, 0.15) is 25.7 Å². The maximum absolute atomic E-state index is 13.1. The lowest BCUT2D eigenvalue weighted by molar-refractivity contribution is -0.162. The lowest BCUT2D eigenvalue weighted by Crippen LogP contribution is -2.60. The smallest absolute Gasteiger partial charge is 0.417 e. The molecule has 0 radical (unpaired) electrons. The van der Waals surface area contributed by atoms with Crippen LogP contribution >= 0.6 is 0 Å². The largest absolute Gasteiger partial charge is 0.463 e. The van der Waals surface area contributed by atoms with E-state index in [9.17, 15) is 18.0 Å². The molecule has 0 atom stereocenters. The second-order valence-electron chi connectivity index (χ2n) is 6.12. The first-order valence-electron chi connectivity index (χ1n) is 7.76. The Bertz CT molecular complexity index is 967. The number of H-pyrrole nitrogens is 1. The van der Waals surface area contributed by atoms with E-state index in [1.807, 2.05) is 0 Å². The lowest BCUT2D eigenvalue weighted by Gasteiger charge is -2.41. The van der Waals surface area contributed by atoms with E-state index in [2.05, 4.69) is 4.98 Å². The van der Waals surface area contributed by atoms with Gasteiger partial charge in [-0.3, -0.25) is 9.78 Å². The molecule has 1 N–H and O–H groups in total. The van der Waals surface area contributed by atoms with E-state index in [1.54, 1.807) is 0 Å². The van der Waals surface area contributed by atoms with Gasteiger partial charge in [-0.15, -0.1) is 0 Å². The summed E-state index contributed by atoms with van der Waals surface area (Å²) >= 11 is 0. The van der Waals surface area contributed by atoms with Crippen molar-refractivity contribution in [2.24, 2.45) is 0 Å². The van der Waals surface area contributed by atoms with Crippen molar-refractivity contribution in [2.45, 2.75) is 36.1 Å². The van der Waals surface area contributed by atoms with E-state index in [0.29, 0.717) is 18.4 Å². The van der Waals surface area contributed by atoms with E-state index >= 15 is 0 Å². The van der Waals surface area contributed by atoms with E-state index in [-0.39, 0.29) is 23.6 Å². The number of nitrogens with zero attached hydrogens (tertiary/aromatic N) is 1. The molecule has 1 aromatic heterocycles. The Balaban J connectivity index is 1.82. The molecule has 1 aliphatic heterocycles. The second kappa shape index (κ2) is 5.18. The predicted octanol–water partition coefficient (Wildman–Crippen LogP) is 0.981. The summed E-state index contributed by atoms with van der Waals surface area (Å²) in [5.41, 5.74) is -0.515. The number of ether oxygens (including phenoxy) is 1. The fourth-order valence-electron chi connectivity index (χ4n) is 3.65. The molecule has 2 heterocycles. The number of cyclic esters (lactones) is 1. The third-order valence-corrected chi connectivity index (χ3v) is 6.76. The highest BCUT2D eigenvalue weighted by atomic mass is 32.2. The summed E-state index contributed by atoms with van der Waals surface area (Å²) in [6.45, 7) is 0.171. The molecule has 4 rings (SSSR count). The van der Waals surface area contributed by atoms with Crippen LogP contribution in [0.25, 0.3) is 11.1 Å². The zero-order valence-electron chi connectivity index (χ0n) is 12.8. The standard InChI is InChI=1S/C15H16N2O6S/c18-13-15(5-1-2-6-15)17(7-8-22-13)24(20,21)10-3-4-11-12(9-10)23-14(19)16-11/h3-4,9H,1-2,5-8H2,(H,16,19). The van der Waals surface area contributed by atoms with Gasteiger partial charge in [0.05, 0.1) is 10.4 Å². The van der Waals surface area contributed by atoms with Gasteiger partial charge in [-0.25, -0.2) is 13.2 Å². The zero-order chi connectivity index (χ0) is 16.9. The molecule has 1 saturated carbocycles. The van der Waals surface area contributed by atoms with E-state index in [1.165, 1.54) is 22.5 Å². The highest BCUT2D eigenvalue weighted by molar-refractivity contribution is 7.89. The van der Waals surface area contributed by atoms with Gasteiger partial charge in [-0.1, -0.05) is 12.8 Å². The summed E-state index contributed by atoms with van der Waals surface area (Å²) in [6.07, 6.45) is 2.50. The first kappa shape index (κ1) is 15.4. The van der Waals surface area contributed by atoms with Gasteiger partial charge in [-0.05, 0) is 25.0 Å². The number of aromatic nitrogens is 1. The van der Waals surface area contributed by atoms with Gasteiger partial charge >= 0.3 is 11.7 Å². The molecular weight excluding hydrogens is 336 g/mol. The number of nitrogens with one attached hydrogen (secondary N) is 1.